The Morgan fingerprint density at radius 3 is 2.30 bits per heavy atom. The molecule has 0 saturated carbocycles. The number of anilines is 1. The number of ether oxygens (including phenoxy) is 1. The summed E-state index contributed by atoms with van der Waals surface area (Å²) in [7, 11) is 0. The van der Waals surface area contributed by atoms with Gasteiger partial charge in [-0.15, -0.1) is 0 Å². The highest BCUT2D eigenvalue weighted by Crippen LogP contribution is 2.32. The van der Waals surface area contributed by atoms with Crippen LogP contribution >= 0.6 is 0 Å². The van der Waals surface area contributed by atoms with E-state index in [0.717, 1.165) is 5.56 Å². The summed E-state index contributed by atoms with van der Waals surface area (Å²) in [6, 6.07) is 5.52. The Morgan fingerprint density at radius 1 is 1.15 bits per heavy atom. The van der Waals surface area contributed by atoms with Crippen LogP contribution < -0.4 is 10.1 Å². The molecule has 0 fully saturated rings. The van der Waals surface area contributed by atoms with Crippen LogP contribution in [0.2, 0.25) is 0 Å². The molecule has 1 N–H and O–H groups in total. The molecule has 0 saturated heterocycles. The summed E-state index contributed by atoms with van der Waals surface area (Å²) in [6.45, 7) is 9.78. The summed E-state index contributed by atoms with van der Waals surface area (Å²) in [6.07, 6.45) is 0.670. The van der Waals surface area contributed by atoms with Crippen molar-refractivity contribution in [1.29, 1.82) is 0 Å². The summed E-state index contributed by atoms with van der Waals surface area (Å²) in [5, 5.41) is 2.79. The zero-order valence-corrected chi connectivity index (χ0v) is 12.9. The van der Waals surface area contributed by atoms with Gasteiger partial charge >= 0.3 is 5.97 Å². The number of benzene rings is 1. The molecule has 0 unspecified atom stereocenters. The third-order valence-corrected chi connectivity index (χ3v) is 2.95. The van der Waals surface area contributed by atoms with Crippen molar-refractivity contribution < 1.29 is 14.3 Å². The largest absolute Gasteiger partial charge is 0.424 e. The molecule has 0 bridgehead atoms. The molecule has 4 nitrogen and oxygen atoms in total. The number of carbonyl (C=O) groups excluding carboxylic acids is 2. The SMILES string of the molecule is CCC(=O)Nc1cc(C(C)(C)C)ccc1OC(=O)CC. The first kappa shape index (κ1) is 16.2. The van der Waals surface area contributed by atoms with Crippen molar-refractivity contribution in [2.75, 3.05) is 5.32 Å². The maximum absolute atomic E-state index is 11.6. The van der Waals surface area contributed by atoms with Crippen LogP contribution in [0.3, 0.4) is 0 Å². The molecule has 1 amide bonds. The second-order valence-corrected chi connectivity index (χ2v) is 5.69. The third kappa shape index (κ3) is 4.37. The van der Waals surface area contributed by atoms with Crippen molar-refractivity contribution in [3.8, 4) is 5.75 Å². The minimum Gasteiger partial charge on any atom is -0.424 e. The van der Waals surface area contributed by atoms with Crippen LogP contribution in [0, 0.1) is 0 Å². The minimum absolute atomic E-state index is 0.0427. The molecular formula is C16H23NO3. The van der Waals surface area contributed by atoms with E-state index in [-0.39, 0.29) is 17.3 Å². The van der Waals surface area contributed by atoms with Gasteiger partial charge in [-0.25, -0.2) is 0 Å². The Kier molecular flexibility index (Phi) is 5.31. The molecule has 0 radical (unpaired) electrons. The fourth-order valence-corrected chi connectivity index (χ4v) is 1.62. The van der Waals surface area contributed by atoms with Gasteiger partial charge in [-0.2, -0.15) is 0 Å². The van der Waals surface area contributed by atoms with Gasteiger partial charge in [0.2, 0.25) is 5.91 Å². The van der Waals surface area contributed by atoms with E-state index < -0.39 is 0 Å². The first-order chi connectivity index (χ1) is 9.27. The van der Waals surface area contributed by atoms with Gasteiger partial charge in [0, 0.05) is 12.8 Å². The zero-order chi connectivity index (χ0) is 15.3. The van der Waals surface area contributed by atoms with Gasteiger partial charge in [-0.1, -0.05) is 40.7 Å². The highest BCUT2D eigenvalue weighted by atomic mass is 16.5. The van der Waals surface area contributed by atoms with E-state index in [9.17, 15) is 9.59 Å². The van der Waals surface area contributed by atoms with Crippen LogP contribution in [0.25, 0.3) is 0 Å². The molecule has 0 heterocycles. The molecule has 0 aliphatic heterocycles. The highest BCUT2D eigenvalue weighted by molar-refractivity contribution is 5.92. The summed E-state index contributed by atoms with van der Waals surface area (Å²) >= 11 is 0. The number of hydrogen-bond donors (Lipinski definition) is 1. The van der Waals surface area contributed by atoms with Crippen molar-refractivity contribution >= 4 is 17.6 Å². The molecule has 0 aliphatic rings. The van der Waals surface area contributed by atoms with Gasteiger partial charge in [0.15, 0.2) is 5.75 Å². The number of hydrogen-bond acceptors (Lipinski definition) is 3. The Balaban J connectivity index is 3.16. The molecule has 1 aromatic carbocycles. The van der Waals surface area contributed by atoms with Gasteiger partial charge in [-0.3, -0.25) is 9.59 Å². The second kappa shape index (κ2) is 6.55. The van der Waals surface area contributed by atoms with E-state index in [4.69, 9.17) is 4.74 Å². The lowest BCUT2D eigenvalue weighted by Gasteiger charge is -2.21. The Hall–Kier alpha value is -1.84. The van der Waals surface area contributed by atoms with Gasteiger partial charge in [0.25, 0.3) is 0 Å². The van der Waals surface area contributed by atoms with Crippen molar-refractivity contribution in [2.24, 2.45) is 0 Å². The average molecular weight is 277 g/mol. The lowest BCUT2D eigenvalue weighted by molar-refractivity contribution is -0.134. The van der Waals surface area contributed by atoms with Crippen molar-refractivity contribution in [1.82, 2.24) is 0 Å². The Morgan fingerprint density at radius 2 is 1.80 bits per heavy atom. The minimum atomic E-state index is -0.319. The van der Waals surface area contributed by atoms with Crippen LogP contribution in [-0.2, 0) is 15.0 Å². The van der Waals surface area contributed by atoms with Crippen LogP contribution in [0.4, 0.5) is 5.69 Å². The van der Waals surface area contributed by atoms with Crippen molar-refractivity contribution in [2.45, 2.75) is 52.9 Å². The van der Waals surface area contributed by atoms with Crippen LogP contribution in [0.1, 0.15) is 53.0 Å². The van der Waals surface area contributed by atoms with Crippen LogP contribution in [0.15, 0.2) is 18.2 Å². The Labute approximate surface area is 120 Å². The molecule has 1 aromatic rings. The molecular weight excluding hydrogens is 254 g/mol. The lowest BCUT2D eigenvalue weighted by Crippen LogP contribution is -2.16. The van der Waals surface area contributed by atoms with E-state index in [1.165, 1.54) is 0 Å². The number of amides is 1. The van der Waals surface area contributed by atoms with E-state index in [1.807, 2.05) is 12.1 Å². The fraction of sp³-hybridized carbons (Fsp3) is 0.500. The normalized spacial score (nSPS) is 11.1. The maximum Gasteiger partial charge on any atom is 0.310 e. The molecule has 0 aliphatic carbocycles. The quantitative estimate of drug-likeness (QED) is 0.675. The second-order valence-electron chi connectivity index (χ2n) is 5.69. The molecule has 0 atom stereocenters. The lowest BCUT2D eigenvalue weighted by atomic mass is 9.87. The van der Waals surface area contributed by atoms with E-state index in [1.54, 1.807) is 19.9 Å². The molecule has 1 rings (SSSR count). The summed E-state index contributed by atoms with van der Waals surface area (Å²) in [5.41, 5.74) is 1.57. The molecule has 110 valence electrons. The summed E-state index contributed by atoms with van der Waals surface area (Å²) in [5.74, 6) is -0.0305. The topological polar surface area (TPSA) is 55.4 Å². The van der Waals surface area contributed by atoms with E-state index in [2.05, 4.69) is 26.1 Å². The monoisotopic (exact) mass is 277 g/mol. The number of rotatable bonds is 4. The predicted octanol–water partition coefficient (Wildman–Crippen LogP) is 3.65. The smallest absolute Gasteiger partial charge is 0.310 e. The molecule has 0 aromatic heterocycles. The fourth-order valence-electron chi connectivity index (χ4n) is 1.62. The van der Waals surface area contributed by atoms with Gasteiger partial charge in [0.05, 0.1) is 5.69 Å². The molecule has 4 heteroatoms. The standard InChI is InChI=1S/C16H23NO3/c1-6-14(18)17-12-10-11(16(3,4)5)8-9-13(12)20-15(19)7-2/h8-10H,6-7H2,1-5H3,(H,17,18). The van der Waals surface area contributed by atoms with Crippen molar-refractivity contribution in [3.05, 3.63) is 23.8 Å². The van der Waals surface area contributed by atoms with E-state index >= 15 is 0 Å². The summed E-state index contributed by atoms with van der Waals surface area (Å²) < 4.78 is 5.25. The van der Waals surface area contributed by atoms with Gasteiger partial charge in [0.1, 0.15) is 0 Å². The molecule has 0 spiro atoms. The van der Waals surface area contributed by atoms with Crippen LogP contribution in [-0.4, -0.2) is 11.9 Å². The van der Waals surface area contributed by atoms with Crippen molar-refractivity contribution in [3.63, 3.8) is 0 Å². The maximum atomic E-state index is 11.6. The zero-order valence-electron chi connectivity index (χ0n) is 12.9. The molecule has 20 heavy (non-hydrogen) atoms. The highest BCUT2D eigenvalue weighted by Gasteiger charge is 2.17. The van der Waals surface area contributed by atoms with E-state index in [0.29, 0.717) is 24.3 Å². The predicted molar refractivity (Wildman–Crippen MR) is 80.0 cm³/mol. The number of carbonyl (C=O) groups is 2. The third-order valence-electron chi connectivity index (χ3n) is 2.95. The Bertz CT molecular complexity index is 501. The van der Waals surface area contributed by atoms with Gasteiger partial charge < -0.3 is 10.1 Å². The summed E-state index contributed by atoms with van der Waals surface area (Å²) in [4.78, 5) is 23.0. The number of esters is 1. The first-order valence-corrected chi connectivity index (χ1v) is 6.93. The van der Waals surface area contributed by atoms with Gasteiger partial charge in [-0.05, 0) is 23.1 Å². The average Bonchev–Trinajstić information content (AvgIpc) is 2.39. The number of nitrogens with one attached hydrogen (secondary N) is 1. The first-order valence-electron chi connectivity index (χ1n) is 6.93. The van der Waals surface area contributed by atoms with Crippen LogP contribution in [0.5, 0.6) is 5.75 Å².